The molecule has 3 heterocycles. The molecule has 0 bridgehead atoms. The smallest absolute Gasteiger partial charge is 0.261 e. The van der Waals surface area contributed by atoms with Crippen LogP contribution in [0.15, 0.2) is 249 Å². The van der Waals surface area contributed by atoms with Crippen LogP contribution in [-0.4, -0.2) is 6.71 Å². The molecule has 6 heteroatoms. The van der Waals surface area contributed by atoms with Crippen LogP contribution in [0, 0.1) is 27.7 Å². The van der Waals surface area contributed by atoms with E-state index in [4.69, 9.17) is 4.74 Å². The average molecular weight is 977 g/mol. The van der Waals surface area contributed by atoms with Crippen molar-refractivity contribution in [3.63, 3.8) is 0 Å². The van der Waals surface area contributed by atoms with Crippen LogP contribution in [0.3, 0.4) is 0 Å². The molecule has 0 radical (unpaired) electrons. The Morgan fingerprint density at radius 2 is 0.632 bits per heavy atom. The molecule has 3 aliphatic rings. The van der Waals surface area contributed by atoms with E-state index in [-0.39, 0.29) is 6.71 Å². The van der Waals surface area contributed by atoms with Crippen LogP contribution in [-0.2, 0) is 0 Å². The largest absolute Gasteiger partial charge is 0.458 e. The number of hydrogen-bond acceptors (Lipinski definition) is 5. The lowest BCUT2D eigenvalue weighted by Crippen LogP contribution is -2.63. The lowest BCUT2D eigenvalue weighted by atomic mass is 9.32. The van der Waals surface area contributed by atoms with E-state index in [1.165, 1.54) is 27.7 Å². The van der Waals surface area contributed by atoms with Gasteiger partial charge >= 0.3 is 0 Å². The van der Waals surface area contributed by atoms with Crippen molar-refractivity contribution in [2.24, 2.45) is 0 Å². The molecule has 362 valence electrons. The lowest BCUT2D eigenvalue weighted by Gasteiger charge is -2.48. The molecule has 5 nitrogen and oxygen atoms in total. The summed E-state index contributed by atoms with van der Waals surface area (Å²) in [5.74, 6) is 1.65. The predicted octanol–water partition coefficient (Wildman–Crippen LogP) is 17.4. The third kappa shape index (κ3) is 7.47. The van der Waals surface area contributed by atoms with Gasteiger partial charge < -0.3 is 24.3 Å². The number of hydrogen-bond donors (Lipinski definition) is 0. The number of anilines is 12. The SMILES string of the molecule is Cc1ccc(N(c2ccc(C)cc2)c2cc3c4c(c2)N(c2ccccc2)c2c(-c5ccccc5)cc(-c5ccccc5)c5c2B4c2c(cc(N(c4ccc(C)cc4)c4ccc(C)cc4)cc2N5c2ccccc2)O3)cc1. The minimum Gasteiger partial charge on any atom is -0.458 e. The summed E-state index contributed by atoms with van der Waals surface area (Å²) in [4.78, 5) is 9.83. The van der Waals surface area contributed by atoms with Gasteiger partial charge in [-0.05, 0) is 146 Å². The molecule has 0 unspecified atom stereocenters. The van der Waals surface area contributed by atoms with Gasteiger partial charge in [0.05, 0.1) is 22.7 Å². The number of benzene rings is 11. The molecule has 0 aromatic heterocycles. The van der Waals surface area contributed by atoms with Gasteiger partial charge in [0.25, 0.3) is 6.71 Å². The van der Waals surface area contributed by atoms with Gasteiger partial charge in [0.2, 0.25) is 0 Å². The van der Waals surface area contributed by atoms with Crippen molar-refractivity contribution in [1.29, 1.82) is 0 Å². The van der Waals surface area contributed by atoms with Crippen molar-refractivity contribution < 1.29 is 4.74 Å². The Morgan fingerprint density at radius 3 is 0.961 bits per heavy atom. The van der Waals surface area contributed by atoms with E-state index in [1.807, 2.05) is 0 Å². The molecule has 14 rings (SSSR count). The zero-order chi connectivity index (χ0) is 51.0. The van der Waals surface area contributed by atoms with Crippen LogP contribution in [0.5, 0.6) is 11.5 Å². The Balaban J connectivity index is 1.15. The van der Waals surface area contributed by atoms with Crippen molar-refractivity contribution in [1.82, 2.24) is 0 Å². The molecule has 0 saturated heterocycles. The normalized spacial score (nSPS) is 12.5. The molecular weight excluding hydrogens is 924 g/mol. The van der Waals surface area contributed by atoms with E-state index in [0.29, 0.717) is 0 Å². The fraction of sp³-hybridized carbons (Fsp3) is 0.0571. The van der Waals surface area contributed by atoms with Crippen LogP contribution in [0.1, 0.15) is 22.3 Å². The van der Waals surface area contributed by atoms with E-state index >= 15 is 0 Å². The fourth-order valence-electron chi connectivity index (χ4n) is 11.8. The van der Waals surface area contributed by atoms with E-state index in [0.717, 1.165) is 113 Å². The van der Waals surface area contributed by atoms with Gasteiger partial charge in [-0.25, -0.2) is 0 Å². The standard InChI is InChI=1S/C70H53BN4O/c1-46-25-33-54(34-26-46)72(55-35-27-47(2)28-36-55)58-41-62-66-64(43-58)76-65-44-59(73(56-37-29-48(3)30-38-56)57-39-31-49(4)32-40-57)42-63-67(65)71(66)68-69(74(62)52-21-13-7-14-22-52)60(50-17-9-5-10-18-50)45-61(51-19-11-6-12-20-51)70(68)75(63)53-23-15-8-16-24-53/h5-45H,1-4H3. The molecule has 0 saturated carbocycles. The second-order valence-electron chi connectivity index (χ2n) is 20.5. The Hall–Kier alpha value is -9.52. The first kappa shape index (κ1) is 45.1. The van der Waals surface area contributed by atoms with Crippen LogP contribution in [0.25, 0.3) is 22.3 Å². The van der Waals surface area contributed by atoms with Crippen LogP contribution in [0.2, 0.25) is 0 Å². The molecular formula is C70H53BN4O. The number of aryl methyl sites for hydroxylation is 4. The molecule has 11 aromatic rings. The molecule has 0 fully saturated rings. The minimum absolute atomic E-state index is 0.220. The number of nitrogens with zero attached hydrogens (tertiary/aromatic N) is 4. The van der Waals surface area contributed by atoms with Crippen LogP contribution < -0.4 is 40.7 Å². The predicted molar refractivity (Wildman–Crippen MR) is 320 cm³/mol. The molecule has 76 heavy (non-hydrogen) atoms. The zero-order valence-electron chi connectivity index (χ0n) is 42.9. The number of para-hydroxylation sites is 2. The summed E-state index contributed by atoms with van der Waals surface area (Å²) < 4.78 is 7.74. The van der Waals surface area contributed by atoms with Crippen LogP contribution in [0.4, 0.5) is 68.2 Å². The van der Waals surface area contributed by atoms with Crippen molar-refractivity contribution in [3.05, 3.63) is 271 Å². The summed E-state index contributed by atoms with van der Waals surface area (Å²) in [5, 5.41) is 0. The van der Waals surface area contributed by atoms with Gasteiger partial charge in [-0.3, -0.25) is 0 Å². The molecule has 0 aliphatic carbocycles. The maximum Gasteiger partial charge on any atom is 0.261 e. The highest BCUT2D eigenvalue weighted by molar-refractivity contribution is 7.02. The van der Waals surface area contributed by atoms with Crippen molar-refractivity contribution in [2.75, 3.05) is 19.6 Å². The highest BCUT2D eigenvalue weighted by Crippen LogP contribution is 2.56. The van der Waals surface area contributed by atoms with Crippen molar-refractivity contribution in [2.45, 2.75) is 27.7 Å². The molecule has 0 atom stereocenters. The lowest BCUT2D eigenvalue weighted by molar-refractivity contribution is 0.488. The summed E-state index contributed by atoms with van der Waals surface area (Å²) in [5.41, 5.74) is 25.8. The van der Waals surface area contributed by atoms with Crippen molar-refractivity contribution in [3.8, 4) is 33.8 Å². The first-order chi connectivity index (χ1) is 37.3. The molecule has 0 N–H and O–H groups in total. The third-order valence-electron chi connectivity index (χ3n) is 15.4. The number of ether oxygens (including phenoxy) is 1. The maximum absolute atomic E-state index is 7.74. The molecule has 3 aliphatic heterocycles. The van der Waals surface area contributed by atoms with Gasteiger partial charge in [-0.15, -0.1) is 0 Å². The summed E-state index contributed by atoms with van der Waals surface area (Å²) in [6, 6.07) is 91.2. The van der Waals surface area contributed by atoms with E-state index in [9.17, 15) is 0 Å². The van der Waals surface area contributed by atoms with Gasteiger partial charge in [0.15, 0.2) is 0 Å². The quantitative estimate of drug-likeness (QED) is 0.127. The highest BCUT2D eigenvalue weighted by atomic mass is 16.5. The van der Waals surface area contributed by atoms with E-state index in [2.05, 4.69) is 296 Å². The second-order valence-corrected chi connectivity index (χ2v) is 20.5. The topological polar surface area (TPSA) is 22.2 Å². The Bertz CT molecular complexity index is 3630. The van der Waals surface area contributed by atoms with E-state index in [1.54, 1.807) is 0 Å². The third-order valence-corrected chi connectivity index (χ3v) is 15.4. The van der Waals surface area contributed by atoms with Gasteiger partial charge in [0, 0.05) is 68.8 Å². The second kappa shape index (κ2) is 18.2. The summed E-state index contributed by atoms with van der Waals surface area (Å²) in [6.45, 7) is 8.37. The molecule has 0 amide bonds. The fourth-order valence-corrected chi connectivity index (χ4v) is 11.8. The maximum atomic E-state index is 7.74. The Kier molecular flexibility index (Phi) is 10.8. The minimum atomic E-state index is -0.220. The zero-order valence-corrected chi connectivity index (χ0v) is 42.9. The summed E-state index contributed by atoms with van der Waals surface area (Å²) >= 11 is 0. The van der Waals surface area contributed by atoms with Gasteiger partial charge in [0.1, 0.15) is 11.5 Å². The Labute approximate surface area is 445 Å². The summed E-state index contributed by atoms with van der Waals surface area (Å²) in [6.07, 6.45) is 0. The first-order valence-corrected chi connectivity index (χ1v) is 26.3. The first-order valence-electron chi connectivity index (χ1n) is 26.3. The van der Waals surface area contributed by atoms with Gasteiger partial charge in [-0.2, -0.15) is 0 Å². The molecule has 0 spiro atoms. The highest BCUT2D eigenvalue weighted by Gasteiger charge is 2.51. The summed E-state index contributed by atoms with van der Waals surface area (Å²) in [7, 11) is 0. The number of rotatable bonds is 10. The Morgan fingerprint density at radius 1 is 0.316 bits per heavy atom. The van der Waals surface area contributed by atoms with Gasteiger partial charge in [-0.1, -0.05) is 168 Å². The monoisotopic (exact) mass is 976 g/mol. The van der Waals surface area contributed by atoms with Crippen LogP contribution >= 0.6 is 0 Å². The molecule has 11 aromatic carbocycles. The average Bonchev–Trinajstić information content (AvgIpc) is 3.57. The van der Waals surface area contributed by atoms with Crippen molar-refractivity contribution >= 4 is 91.3 Å². The van der Waals surface area contributed by atoms with E-state index < -0.39 is 0 Å².